The van der Waals surface area contributed by atoms with E-state index in [0.717, 1.165) is 12.8 Å². The van der Waals surface area contributed by atoms with E-state index in [9.17, 15) is 19.2 Å². The topological polar surface area (TPSA) is 116 Å². The van der Waals surface area contributed by atoms with Gasteiger partial charge in [-0.1, -0.05) is 0 Å². The van der Waals surface area contributed by atoms with Crippen LogP contribution in [0.3, 0.4) is 0 Å². The second-order valence-electron chi connectivity index (χ2n) is 6.39. The van der Waals surface area contributed by atoms with Crippen LogP contribution in [0.1, 0.15) is 18.4 Å². The summed E-state index contributed by atoms with van der Waals surface area (Å²) in [5.74, 6) is -0.343. The van der Waals surface area contributed by atoms with Crippen LogP contribution >= 0.6 is 0 Å². The fraction of sp³-hybridized carbons (Fsp3) is 0.625. The average molecular weight is 350 g/mol. The van der Waals surface area contributed by atoms with Gasteiger partial charge in [-0.3, -0.25) is 19.4 Å². The van der Waals surface area contributed by atoms with Crippen molar-refractivity contribution in [3.05, 3.63) is 32.6 Å². The van der Waals surface area contributed by atoms with Gasteiger partial charge >= 0.3 is 5.69 Å². The van der Waals surface area contributed by atoms with Gasteiger partial charge in [0.15, 0.2) is 0 Å². The first kappa shape index (κ1) is 17.4. The number of aromatic nitrogens is 2. The Bertz CT molecular complexity index is 749. The van der Waals surface area contributed by atoms with E-state index in [4.69, 9.17) is 4.74 Å². The van der Waals surface area contributed by atoms with Gasteiger partial charge in [-0.05, 0) is 12.8 Å². The maximum atomic E-state index is 12.6. The smallest absolute Gasteiger partial charge is 0.325 e. The lowest BCUT2D eigenvalue weighted by atomic mass is 9.96. The van der Waals surface area contributed by atoms with Crippen molar-refractivity contribution in [2.45, 2.75) is 19.3 Å². The minimum absolute atomic E-state index is 0.0719. The van der Waals surface area contributed by atoms with E-state index >= 15 is 0 Å². The lowest BCUT2D eigenvalue weighted by Crippen LogP contribution is -2.50. The number of amides is 2. The molecule has 1 aromatic heterocycles. The summed E-state index contributed by atoms with van der Waals surface area (Å²) >= 11 is 0. The van der Waals surface area contributed by atoms with Gasteiger partial charge in [0.25, 0.3) is 5.56 Å². The molecule has 25 heavy (non-hydrogen) atoms. The summed E-state index contributed by atoms with van der Waals surface area (Å²) in [5, 5.41) is 0. The molecule has 1 atom stereocenters. The van der Waals surface area contributed by atoms with E-state index in [0.29, 0.717) is 39.4 Å². The molecule has 0 bridgehead atoms. The fourth-order valence-corrected chi connectivity index (χ4v) is 3.29. The van der Waals surface area contributed by atoms with Crippen molar-refractivity contribution in [2.75, 3.05) is 39.4 Å². The number of rotatable bonds is 3. The first-order valence-corrected chi connectivity index (χ1v) is 8.50. The van der Waals surface area contributed by atoms with Crippen LogP contribution < -0.4 is 11.2 Å². The number of aromatic amines is 2. The molecule has 0 aliphatic carbocycles. The van der Waals surface area contributed by atoms with Crippen LogP contribution in [0.15, 0.2) is 15.8 Å². The number of nitrogens with zero attached hydrogens (tertiary/aromatic N) is 2. The highest BCUT2D eigenvalue weighted by molar-refractivity contribution is 5.82. The molecule has 0 saturated carbocycles. The summed E-state index contributed by atoms with van der Waals surface area (Å²) in [7, 11) is 0. The van der Waals surface area contributed by atoms with Crippen molar-refractivity contribution in [3.63, 3.8) is 0 Å². The zero-order chi connectivity index (χ0) is 17.8. The van der Waals surface area contributed by atoms with Crippen molar-refractivity contribution in [1.29, 1.82) is 0 Å². The maximum Gasteiger partial charge on any atom is 0.325 e. The van der Waals surface area contributed by atoms with Crippen LogP contribution in [0.5, 0.6) is 0 Å². The molecule has 0 spiro atoms. The molecule has 2 N–H and O–H groups in total. The van der Waals surface area contributed by atoms with Crippen molar-refractivity contribution < 1.29 is 14.3 Å². The minimum atomic E-state index is -0.602. The summed E-state index contributed by atoms with van der Waals surface area (Å²) in [6.07, 6.45) is 2.69. The Morgan fingerprint density at radius 2 is 1.92 bits per heavy atom. The molecular formula is C16H22N4O5. The van der Waals surface area contributed by atoms with Gasteiger partial charge in [-0.25, -0.2) is 4.79 Å². The van der Waals surface area contributed by atoms with E-state index in [-0.39, 0.29) is 29.7 Å². The minimum Gasteiger partial charge on any atom is -0.378 e. The van der Waals surface area contributed by atoms with E-state index in [1.165, 1.54) is 6.20 Å². The lowest BCUT2D eigenvalue weighted by molar-refractivity contribution is -0.143. The first-order chi connectivity index (χ1) is 12.0. The van der Waals surface area contributed by atoms with Crippen molar-refractivity contribution in [1.82, 2.24) is 19.8 Å². The number of ether oxygens (including phenoxy) is 1. The third kappa shape index (κ3) is 4.16. The summed E-state index contributed by atoms with van der Waals surface area (Å²) in [6.45, 7) is 3.24. The Labute approximate surface area is 144 Å². The zero-order valence-electron chi connectivity index (χ0n) is 14.0. The van der Waals surface area contributed by atoms with Gasteiger partial charge in [0.05, 0.1) is 25.6 Å². The Kier molecular flexibility index (Phi) is 5.32. The van der Waals surface area contributed by atoms with E-state index in [2.05, 4.69) is 9.97 Å². The third-order valence-electron chi connectivity index (χ3n) is 4.68. The molecule has 2 aliphatic rings. The molecule has 0 aromatic carbocycles. The van der Waals surface area contributed by atoms with Crippen LogP contribution in [0.25, 0.3) is 0 Å². The van der Waals surface area contributed by atoms with Gasteiger partial charge in [0.1, 0.15) is 0 Å². The second-order valence-corrected chi connectivity index (χ2v) is 6.39. The normalized spacial score (nSPS) is 21.2. The number of carbonyl (C=O) groups excluding carboxylic acids is 2. The third-order valence-corrected chi connectivity index (χ3v) is 4.68. The number of hydrogen-bond donors (Lipinski definition) is 2. The largest absolute Gasteiger partial charge is 0.378 e. The summed E-state index contributed by atoms with van der Waals surface area (Å²) < 4.78 is 5.27. The maximum absolute atomic E-state index is 12.6. The van der Waals surface area contributed by atoms with Crippen LogP contribution in [0.4, 0.5) is 0 Å². The molecule has 1 unspecified atom stereocenters. The Morgan fingerprint density at radius 1 is 1.16 bits per heavy atom. The van der Waals surface area contributed by atoms with Gasteiger partial charge in [-0.15, -0.1) is 0 Å². The lowest BCUT2D eigenvalue weighted by Gasteiger charge is -2.36. The Morgan fingerprint density at radius 3 is 2.64 bits per heavy atom. The number of morpholine rings is 1. The van der Waals surface area contributed by atoms with Gasteiger partial charge in [0.2, 0.25) is 11.8 Å². The van der Waals surface area contributed by atoms with Crippen molar-refractivity contribution in [2.24, 2.45) is 5.92 Å². The molecule has 0 radical (unpaired) electrons. The zero-order valence-corrected chi connectivity index (χ0v) is 14.0. The molecule has 3 rings (SSSR count). The van der Waals surface area contributed by atoms with E-state index < -0.39 is 11.2 Å². The number of likely N-dealkylation sites (tertiary alicyclic amines) is 1. The molecule has 2 amide bonds. The highest BCUT2D eigenvalue weighted by Gasteiger charge is 2.31. The summed E-state index contributed by atoms with van der Waals surface area (Å²) in [4.78, 5) is 55.8. The highest BCUT2D eigenvalue weighted by Crippen LogP contribution is 2.20. The van der Waals surface area contributed by atoms with E-state index in [1.807, 2.05) is 0 Å². The first-order valence-electron chi connectivity index (χ1n) is 8.50. The van der Waals surface area contributed by atoms with Crippen LogP contribution in [-0.4, -0.2) is 71.0 Å². The van der Waals surface area contributed by atoms with Gasteiger partial charge in [-0.2, -0.15) is 0 Å². The van der Waals surface area contributed by atoms with E-state index in [1.54, 1.807) is 9.80 Å². The molecule has 1 aromatic rings. The van der Waals surface area contributed by atoms with Gasteiger partial charge in [0, 0.05) is 37.9 Å². The predicted octanol–water partition coefficient (Wildman–Crippen LogP) is -1.30. The standard InChI is InChI=1S/C16H22N4O5/c21-13(8-12-9-17-16(24)18-14(12)22)20-3-1-2-11(10-20)15(23)19-4-6-25-7-5-19/h9,11H,1-8,10H2,(H2,17,18,22,24). The number of nitrogens with one attached hydrogen (secondary N) is 2. The molecular weight excluding hydrogens is 328 g/mol. The summed E-state index contributed by atoms with van der Waals surface area (Å²) in [6, 6.07) is 0. The SMILES string of the molecule is O=C(Cc1c[nH]c(=O)[nH]c1=O)N1CCCC(C(=O)N2CCOCC2)C1. The van der Waals surface area contributed by atoms with Crippen molar-refractivity contribution >= 4 is 11.8 Å². The number of H-pyrrole nitrogens is 2. The molecule has 2 aliphatic heterocycles. The van der Waals surface area contributed by atoms with Crippen LogP contribution in [0, 0.1) is 5.92 Å². The molecule has 136 valence electrons. The molecule has 2 fully saturated rings. The number of piperidine rings is 1. The predicted molar refractivity (Wildman–Crippen MR) is 88.1 cm³/mol. The fourth-order valence-electron chi connectivity index (χ4n) is 3.29. The molecule has 2 saturated heterocycles. The van der Waals surface area contributed by atoms with Crippen LogP contribution in [0.2, 0.25) is 0 Å². The Hall–Kier alpha value is -2.42. The molecule has 9 heteroatoms. The molecule has 9 nitrogen and oxygen atoms in total. The van der Waals surface area contributed by atoms with Crippen LogP contribution in [-0.2, 0) is 20.7 Å². The molecule has 3 heterocycles. The second kappa shape index (κ2) is 7.64. The quantitative estimate of drug-likeness (QED) is 0.703. The van der Waals surface area contributed by atoms with Gasteiger partial charge < -0.3 is 19.5 Å². The summed E-state index contributed by atoms with van der Waals surface area (Å²) in [5.41, 5.74) is -0.948. The van der Waals surface area contributed by atoms with Crippen molar-refractivity contribution in [3.8, 4) is 0 Å². The average Bonchev–Trinajstić information content (AvgIpc) is 2.64. The highest BCUT2D eigenvalue weighted by atomic mass is 16.5. The number of carbonyl (C=O) groups is 2. The monoisotopic (exact) mass is 350 g/mol. The Balaban J connectivity index is 1.62. The number of hydrogen-bond acceptors (Lipinski definition) is 5.